The van der Waals surface area contributed by atoms with E-state index in [-0.39, 0.29) is 39.9 Å². The molecule has 188 valence electrons. The zero-order chi connectivity index (χ0) is 25.1. The number of fused-ring (bicyclic) bond motifs is 3. The van der Waals surface area contributed by atoms with Gasteiger partial charge in [-0.15, -0.1) is 0 Å². The summed E-state index contributed by atoms with van der Waals surface area (Å²) in [5.41, 5.74) is 1.73. The molecule has 34 heavy (non-hydrogen) atoms. The molecule has 6 atom stereocenters. The Kier molecular flexibility index (Phi) is 6.31. The normalized spacial score (nSPS) is 36.9. The zero-order valence-electron chi connectivity index (χ0n) is 22.1. The second-order valence-corrected chi connectivity index (χ2v) is 12.3. The van der Waals surface area contributed by atoms with Gasteiger partial charge in [0, 0.05) is 18.4 Å². The Bertz CT molecular complexity index is 1040. The summed E-state index contributed by atoms with van der Waals surface area (Å²) in [6.45, 7) is 17.3. The van der Waals surface area contributed by atoms with Crippen LogP contribution < -0.4 is 10.4 Å². The summed E-state index contributed by atoms with van der Waals surface area (Å²) in [4.78, 5) is 24.6. The molecule has 0 bridgehead atoms. The van der Waals surface area contributed by atoms with Gasteiger partial charge in [0.15, 0.2) is 0 Å². The molecule has 3 aliphatic rings. The summed E-state index contributed by atoms with van der Waals surface area (Å²) in [6, 6.07) is 1.82. The fourth-order valence-electron chi connectivity index (χ4n) is 8.58. The summed E-state index contributed by atoms with van der Waals surface area (Å²) < 4.78 is 16.9. The fraction of sp³-hybridized carbons (Fsp3) is 0.724. The predicted molar refractivity (Wildman–Crippen MR) is 133 cm³/mol. The van der Waals surface area contributed by atoms with E-state index in [1.165, 1.54) is 12.5 Å². The molecular weight excluding hydrogens is 428 g/mol. The van der Waals surface area contributed by atoms with Crippen LogP contribution in [-0.4, -0.2) is 19.2 Å². The Morgan fingerprint density at radius 1 is 1.12 bits per heavy atom. The molecule has 5 heteroatoms. The number of hydrogen-bond acceptors (Lipinski definition) is 5. The molecule has 0 amide bonds. The first-order valence-electron chi connectivity index (χ1n) is 12.9. The first-order valence-corrected chi connectivity index (χ1v) is 12.9. The van der Waals surface area contributed by atoms with E-state index in [0.29, 0.717) is 35.3 Å². The molecule has 1 aromatic rings. The summed E-state index contributed by atoms with van der Waals surface area (Å²) in [6.07, 6.45) is 6.85. The standard InChI is InChI=1S/C29H42O5/c1-17-9-10-24-28(6,21(17)16-20-22(32-8)15-18(2)33-26(20)31)13-11-23-27(4,5)25(34-19(3)30)12-14-29(23,24)7/h15,21,23-25H,1,9-14,16H2,2-8H3/t21-,23?,24?,25+,28+,29+/m1/s1. The number of carbonyl (C=O) groups is 1. The van der Waals surface area contributed by atoms with E-state index in [2.05, 4.69) is 34.3 Å². The van der Waals surface area contributed by atoms with Gasteiger partial charge in [-0.05, 0) is 80.5 Å². The third-order valence-corrected chi connectivity index (χ3v) is 10.1. The molecule has 0 aromatic carbocycles. The summed E-state index contributed by atoms with van der Waals surface area (Å²) >= 11 is 0. The lowest BCUT2D eigenvalue weighted by Gasteiger charge is -2.67. The molecule has 0 N–H and O–H groups in total. The summed E-state index contributed by atoms with van der Waals surface area (Å²) in [5.74, 6) is 2.23. The van der Waals surface area contributed by atoms with E-state index in [1.807, 2.05) is 6.07 Å². The minimum atomic E-state index is -0.293. The second-order valence-electron chi connectivity index (χ2n) is 12.3. The van der Waals surface area contributed by atoms with Crippen LogP contribution >= 0.6 is 0 Å². The van der Waals surface area contributed by atoms with Crippen molar-refractivity contribution in [1.29, 1.82) is 0 Å². The smallest absolute Gasteiger partial charge is 0.342 e. The maximum atomic E-state index is 12.8. The molecule has 2 unspecified atom stereocenters. The van der Waals surface area contributed by atoms with Crippen LogP contribution in [0.5, 0.6) is 5.75 Å². The first-order chi connectivity index (χ1) is 15.8. The van der Waals surface area contributed by atoms with Gasteiger partial charge in [-0.25, -0.2) is 4.79 Å². The average molecular weight is 471 g/mol. The maximum Gasteiger partial charge on any atom is 0.342 e. The number of hydrogen-bond donors (Lipinski definition) is 0. The lowest BCUT2D eigenvalue weighted by atomic mass is 9.38. The van der Waals surface area contributed by atoms with Crippen molar-refractivity contribution >= 4 is 5.97 Å². The van der Waals surface area contributed by atoms with Crippen molar-refractivity contribution in [3.8, 4) is 5.75 Å². The Labute approximate surface area is 204 Å². The molecule has 0 spiro atoms. The van der Waals surface area contributed by atoms with Crippen molar-refractivity contribution in [1.82, 2.24) is 0 Å². The average Bonchev–Trinajstić information content (AvgIpc) is 2.73. The van der Waals surface area contributed by atoms with Crippen molar-refractivity contribution in [2.45, 2.75) is 92.6 Å². The number of carbonyl (C=O) groups excluding carboxylic acids is 1. The molecule has 3 fully saturated rings. The number of methoxy groups -OCH3 is 1. The van der Waals surface area contributed by atoms with Gasteiger partial charge in [0.05, 0.1) is 12.7 Å². The Balaban J connectivity index is 1.69. The van der Waals surface area contributed by atoms with Crippen LogP contribution in [0.3, 0.4) is 0 Å². The SMILES string of the molecule is C=C1CCC2[C@@]3(C)CC[C@H](OC(C)=O)C(C)(C)C3CC[C@@]2(C)[C@@H]1Cc1c(OC)cc(C)oc1=O. The van der Waals surface area contributed by atoms with Crippen molar-refractivity contribution in [3.63, 3.8) is 0 Å². The topological polar surface area (TPSA) is 65.7 Å². The first kappa shape index (κ1) is 25.1. The minimum Gasteiger partial charge on any atom is -0.496 e. The lowest BCUT2D eigenvalue weighted by Crippen LogP contribution is -2.61. The van der Waals surface area contributed by atoms with Crippen molar-refractivity contribution in [2.75, 3.05) is 7.11 Å². The van der Waals surface area contributed by atoms with Crippen molar-refractivity contribution < 1.29 is 18.7 Å². The van der Waals surface area contributed by atoms with E-state index in [1.54, 1.807) is 14.0 Å². The number of rotatable bonds is 4. The number of allylic oxidation sites excluding steroid dienone is 1. The van der Waals surface area contributed by atoms with Gasteiger partial charge in [0.1, 0.15) is 17.6 Å². The van der Waals surface area contributed by atoms with Crippen LogP contribution in [0.1, 0.15) is 84.5 Å². The lowest BCUT2D eigenvalue weighted by molar-refractivity contribution is -0.200. The highest BCUT2D eigenvalue weighted by molar-refractivity contribution is 5.66. The molecule has 0 radical (unpaired) electrons. The van der Waals surface area contributed by atoms with E-state index in [9.17, 15) is 9.59 Å². The summed E-state index contributed by atoms with van der Waals surface area (Å²) in [5, 5.41) is 0. The highest BCUT2D eigenvalue weighted by Crippen LogP contribution is 2.69. The largest absolute Gasteiger partial charge is 0.496 e. The third-order valence-electron chi connectivity index (χ3n) is 10.1. The quantitative estimate of drug-likeness (QED) is 0.384. The van der Waals surface area contributed by atoms with Crippen LogP contribution in [-0.2, 0) is 16.0 Å². The molecule has 1 heterocycles. The van der Waals surface area contributed by atoms with E-state index in [4.69, 9.17) is 13.9 Å². The van der Waals surface area contributed by atoms with Gasteiger partial charge in [0.2, 0.25) is 0 Å². The number of ether oxygens (including phenoxy) is 2. The van der Waals surface area contributed by atoms with Crippen LogP contribution in [0.4, 0.5) is 0 Å². The van der Waals surface area contributed by atoms with Crippen LogP contribution in [0.2, 0.25) is 0 Å². The highest BCUT2D eigenvalue weighted by atomic mass is 16.5. The van der Waals surface area contributed by atoms with Crippen molar-refractivity contribution in [2.24, 2.45) is 34.0 Å². The van der Waals surface area contributed by atoms with Gasteiger partial charge in [-0.1, -0.05) is 39.8 Å². The van der Waals surface area contributed by atoms with Gasteiger partial charge in [-0.3, -0.25) is 4.79 Å². The van der Waals surface area contributed by atoms with Crippen LogP contribution in [0, 0.1) is 40.9 Å². The van der Waals surface area contributed by atoms with Gasteiger partial charge < -0.3 is 13.9 Å². The predicted octanol–water partition coefficient (Wildman–Crippen LogP) is 6.26. The number of aryl methyl sites for hydroxylation is 1. The Morgan fingerprint density at radius 3 is 2.44 bits per heavy atom. The van der Waals surface area contributed by atoms with Gasteiger partial charge >= 0.3 is 11.6 Å². The minimum absolute atomic E-state index is 0.0248. The monoisotopic (exact) mass is 470 g/mol. The molecule has 0 saturated heterocycles. The molecule has 0 aliphatic heterocycles. The second kappa shape index (κ2) is 8.57. The molecule has 1 aromatic heterocycles. The van der Waals surface area contributed by atoms with Crippen LogP contribution in [0.25, 0.3) is 0 Å². The molecule has 3 saturated carbocycles. The van der Waals surface area contributed by atoms with Gasteiger partial charge in [0.25, 0.3) is 0 Å². The fourth-order valence-corrected chi connectivity index (χ4v) is 8.58. The van der Waals surface area contributed by atoms with E-state index < -0.39 is 0 Å². The molecular formula is C29H42O5. The third kappa shape index (κ3) is 3.83. The molecule has 4 rings (SSSR count). The van der Waals surface area contributed by atoms with Crippen molar-refractivity contribution in [3.05, 3.63) is 40.0 Å². The van der Waals surface area contributed by atoms with Crippen LogP contribution in [0.15, 0.2) is 27.4 Å². The Hall–Kier alpha value is -2.04. The summed E-state index contributed by atoms with van der Waals surface area (Å²) in [7, 11) is 1.62. The van der Waals surface area contributed by atoms with Gasteiger partial charge in [-0.2, -0.15) is 0 Å². The van der Waals surface area contributed by atoms with E-state index in [0.717, 1.165) is 38.5 Å². The maximum absolute atomic E-state index is 12.8. The zero-order valence-corrected chi connectivity index (χ0v) is 22.1. The highest BCUT2D eigenvalue weighted by Gasteiger charge is 2.63. The van der Waals surface area contributed by atoms with E-state index >= 15 is 0 Å². The molecule has 5 nitrogen and oxygen atoms in total. The Morgan fingerprint density at radius 2 is 1.79 bits per heavy atom. The number of esters is 1. The molecule has 3 aliphatic carbocycles.